The molecule has 6 nitrogen and oxygen atoms in total. The Labute approximate surface area is 171 Å². The number of carbonyl (C=O) groups excluding carboxylic acids is 1. The molecule has 0 radical (unpaired) electrons. The van der Waals surface area contributed by atoms with Crippen molar-refractivity contribution in [3.63, 3.8) is 0 Å². The fraction of sp³-hybridized carbons (Fsp3) is 0.190. The Morgan fingerprint density at radius 3 is 2.83 bits per heavy atom. The summed E-state index contributed by atoms with van der Waals surface area (Å²) in [5, 5.41) is 4.42. The maximum atomic E-state index is 14.0. The number of nitrogens with zero attached hydrogens (tertiary/aromatic N) is 5. The van der Waals surface area contributed by atoms with Crippen LogP contribution < -0.4 is 10.4 Å². The third-order valence-corrected chi connectivity index (χ3v) is 5.24. The molecule has 0 saturated heterocycles. The van der Waals surface area contributed by atoms with Crippen LogP contribution in [0.5, 0.6) is 0 Å². The van der Waals surface area contributed by atoms with Crippen molar-refractivity contribution in [2.24, 2.45) is 4.99 Å². The van der Waals surface area contributed by atoms with Gasteiger partial charge in [-0.2, -0.15) is 5.10 Å². The fourth-order valence-corrected chi connectivity index (χ4v) is 3.60. The van der Waals surface area contributed by atoms with Crippen LogP contribution in [-0.4, -0.2) is 33.8 Å². The molecule has 29 heavy (non-hydrogen) atoms. The van der Waals surface area contributed by atoms with Crippen molar-refractivity contribution in [2.45, 2.75) is 13.0 Å². The lowest BCUT2D eigenvalue weighted by Crippen LogP contribution is -2.42. The third kappa shape index (κ3) is 3.12. The molecular weight excluding hydrogens is 393 g/mol. The number of halogens is 2. The van der Waals surface area contributed by atoms with Gasteiger partial charge in [0.15, 0.2) is 0 Å². The van der Waals surface area contributed by atoms with Crippen molar-refractivity contribution in [3.8, 4) is 23.6 Å². The molecule has 0 saturated carbocycles. The van der Waals surface area contributed by atoms with Crippen LogP contribution in [0.2, 0.25) is 5.02 Å². The highest BCUT2D eigenvalue weighted by Gasteiger charge is 2.34. The quantitative estimate of drug-likeness (QED) is 0.609. The van der Waals surface area contributed by atoms with Gasteiger partial charge in [0.1, 0.15) is 17.0 Å². The number of carbonyl (C=O) groups is 1. The molecule has 8 heteroatoms. The van der Waals surface area contributed by atoms with Crippen molar-refractivity contribution < 1.29 is 9.18 Å². The zero-order chi connectivity index (χ0) is 20.7. The van der Waals surface area contributed by atoms with Crippen LogP contribution in [0.25, 0.3) is 11.1 Å². The Hall–Kier alpha value is -3.37. The fourth-order valence-electron chi connectivity index (χ4n) is 3.49. The number of fused-ring (bicyclic) bond motifs is 1. The highest BCUT2D eigenvalue weighted by molar-refractivity contribution is 6.30. The predicted molar refractivity (Wildman–Crippen MR) is 109 cm³/mol. The van der Waals surface area contributed by atoms with Crippen molar-refractivity contribution in [1.82, 2.24) is 14.3 Å². The van der Waals surface area contributed by atoms with Crippen LogP contribution in [0, 0.1) is 18.3 Å². The van der Waals surface area contributed by atoms with Gasteiger partial charge < -0.3 is 4.90 Å². The summed E-state index contributed by atoms with van der Waals surface area (Å²) in [6, 6.07) is 10.4. The molecule has 1 atom stereocenters. The number of hydrogen-bond acceptors (Lipinski definition) is 3. The van der Waals surface area contributed by atoms with E-state index in [-0.39, 0.29) is 17.0 Å². The molecule has 0 bridgehead atoms. The van der Waals surface area contributed by atoms with Crippen LogP contribution >= 0.6 is 11.6 Å². The van der Waals surface area contributed by atoms with Crippen LogP contribution in [0.3, 0.4) is 0 Å². The molecule has 0 fully saturated rings. The van der Waals surface area contributed by atoms with E-state index in [1.807, 2.05) is 13.0 Å². The molecule has 2 aromatic heterocycles. The summed E-state index contributed by atoms with van der Waals surface area (Å²) in [4.78, 5) is 19.0. The number of amides is 1. The summed E-state index contributed by atoms with van der Waals surface area (Å²) in [6.07, 6.45) is 8.95. The minimum Gasteiger partial charge on any atom is -0.305 e. The standard InChI is InChI=1S/C21H17ClFN5O/c1-4-26-12-14(5-8-19(26)24-3)16-10-25-28-13(2)11-27(21(29)20(16)28)15-6-7-17(22)18(23)9-15/h1,5-10,12-13H,11H2,2-3H3/b24-19-/t13-/m0/s1. The second-order valence-electron chi connectivity index (χ2n) is 6.71. The monoisotopic (exact) mass is 409 g/mol. The van der Waals surface area contributed by atoms with E-state index >= 15 is 0 Å². The normalized spacial score (nSPS) is 16.7. The molecule has 0 aliphatic carbocycles. The minimum absolute atomic E-state index is 0.0113. The highest BCUT2D eigenvalue weighted by atomic mass is 35.5. The third-order valence-electron chi connectivity index (χ3n) is 4.93. The number of aromatic nitrogens is 3. The van der Waals surface area contributed by atoms with Gasteiger partial charge in [-0.25, -0.2) is 4.39 Å². The van der Waals surface area contributed by atoms with Gasteiger partial charge in [0, 0.05) is 42.6 Å². The van der Waals surface area contributed by atoms with Gasteiger partial charge in [0.25, 0.3) is 5.91 Å². The Morgan fingerprint density at radius 2 is 2.14 bits per heavy atom. The predicted octanol–water partition coefficient (Wildman–Crippen LogP) is 3.33. The van der Waals surface area contributed by atoms with E-state index in [9.17, 15) is 9.18 Å². The summed E-state index contributed by atoms with van der Waals surface area (Å²) in [5.74, 6) is -0.841. The van der Waals surface area contributed by atoms with E-state index in [4.69, 9.17) is 18.0 Å². The molecule has 1 amide bonds. The SMILES string of the molecule is C#Cn1cc(-c2cnn3c2C(=O)N(c2ccc(Cl)c(F)c2)C[C@@H]3C)cc/c1=N/C. The summed E-state index contributed by atoms with van der Waals surface area (Å²) in [5.41, 5.74) is 2.87. The first-order valence-corrected chi connectivity index (χ1v) is 9.29. The van der Waals surface area contributed by atoms with Crippen molar-refractivity contribution >= 4 is 23.2 Å². The van der Waals surface area contributed by atoms with Crippen LogP contribution in [0.15, 0.2) is 47.7 Å². The van der Waals surface area contributed by atoms with E-state index in [0.29, 0.717) is 29.0 Å². The molecule has 0 unspecified atom stereocenters. The van der Waals surface area contributed by atoms with E-state index in [2.05, 4.69) is 16.1 Å². The zero-order valence-corrected chi connectivity index (χ0v) is 16.6. The molecule has 4 rings (SSSR count). The summed E-state index contributed by atoms with van der Waals surface area (Å²) in [6.45, 7) is 2.32. The number of hydrogen-bond donors (Lipinski definition) is 0. The van der Waals surface area contributed by atoms with Crippen molar-refractivity contribution in [3.05, 3.63) is 64.7 Å². The number of terminal acetylenes is 1. The zero-order valence-electron chi connectivity index (χ0n) is 15.8. The maximum absolute atomic E-state index is 14.0. The molecule has 1 aliphatic rings. The first-order valence-electron chi connectivity index (χ1n) is 8.91. The lowest BCUT2D eigenvalue weighted by atomic mass is 10.0. The Kier molecular flexibility index (Phi) is 4.73. The summed E-state index contributed by atoms with van der Waals surface area (Å²) < 4.78 is 17.2. The van der Waals surface area contributed by atoms with E-state index in [1.54, 1.807) is 40.8 Å². The Bertz CT molecular complexity index is 1240. The molecule has 0 spiro atoms. The van der Waals surface area contributed by atoms with E-state index in [0.717, 1.165) is 5.56 Å². The van der Waals surface area contributed by atoms with Crippen molar-refractivity contribution in [2.75, 3.05) is 18.5 Å². The lowest BCUT2D eigenvalue weighted by molar-refractivity contribution is 0.0954. The van der Waals surface area contributed by atoms with E-state index < -0.39 is 5.82 Å². The molecular formula is C21H17ClFN5O. The second-order valence-corrected chi connectivity index (χ2v) is 7.12. The first kappa shape index (κ1) is 19.0. The number of benzene rings is 1. The van der Waals surface area contributed by atoms with Crippen molar-refractivity contribution in [1.29, 1.82) is 0 Å². The van der Waals surface area contributed by atoms with Crippen LogP contribution in [-0.2, 0) is 0 Å². The van der Waals surface area contributed by atoms with Crippen LogP contribution in [0.1, 0.15) is 23.5 Å². The molecule has 1 aliphatic heterocycles. The summed E-state index contributed by atoms with van der Waals surface area (Å²) >= 11 is 5.79. The van der Waals surface area contributed by atoms with Crippen LogP contribution in [0.4, 0.5) is 10.1 Å². The number of anilines is 1. The highest BCUT2D eigenvalue weighted by Crippen LogP contribution is 2.33. The molecule has 146 valence electrons. The van der Waals surface area contributed by atoms with Gasteiger partial charge >= 0.3 is 0 Å². The molecule has 3 aromatic rings. The number of pyridine rings is 1. The first-order chi connectivity index (χ1) is 13.9. The average molecular weight is 410 g/mol. The maximum Gasteiger partial charge on any atom is 0.277 e. The lowest BCUT2D eigenvalue weighted by Gasteiger charge is -2.32. The van der Waals surface area contributed by atoms with Gasteiger partial charge in [0.2, 0.25) is 0 Å². The molecule has 1 aromatic carbocycles. The largest absolute Gasteiger partial charge is 0.305 e. The van der Waals surface area contributed by atoms with Gasteiger partial charge in [-0.15, -0.1) is 0 Å². The number of rotatable bonds is 2. The van der Waals surface area contributed by atoms with Gasteiger partial charge in [0.05, 0.1) is 17.3 Å². The van der Waals surface area contributed by atoms with Gasteiger partial charge in [-0.1, -0.05) is 18.0 Å². The Morgan fingerprint density at radius 1 is 1.34 bits per heavy atom. The molecule has 0 N–H and O–H groups in total. The minimum atomic E-state index is -0.571. The average Bonchev–Trinajstić information content (AvgIpc) is 3.18. The molecule has 3 heterocycles. The van der Waals surface area contributed by atoms with Gasteiger partial charge in [-0.05, 0) is 37.3 Å². The van der Waals surface area contributed by atoms with Gasteiger partial charge in [-0.3, -0.25) is 19.0 Å². The second kappa shape index (κ2) is 7.22. The summed E-state index contributed by atoms with van der Waals surface area (Å²) in [7, 11) is 1.65. The Balaban J connectivity index is 1.83. The smallest absolute Gasteiger partial charge is 0.277 e. The van der Waals surface area contributed by atoms with E-state index in [1.165, 1.54) is 17.0 Å². The topological polar surface area (TPSA) is 55.4 Å².